The van der Waals surface area contributed by atoms with Gasteiger partial charge in [-0.15, -0.1) is 0 Å². The van der Waals surface area contributed by atoms with Crippen molar-refractivity contribution in [1.82, 2.24) is 4.98 Å². The molecule has 1 heterocycles. The molecule has 3 heteroatoms. The van der Waals surface area contributed by atoms with Crippen LogP contribution in [0.5, 0.6) is 5.88 Å². The van der Waals surface area contributed by atoms with Crippen molar-refractivity contribution in [2.24, 2.45) is 0 Å². The fraction of sp³-hybridized carbons (Fsp3) is 0.286. The van der Waals surface area contributed by atoms with Gasteiger partial charge in [-0.25, -0.2) is 0 Å². The summed E-state index contributed by atoms with van der Waals surface area (Å²) < 4.78 is 25.6. The third-order valence-corrected chi connectivity index (χ3v) is 1.06. The van der Waals surface area contributed by atoms with E-state index in [-0.39, 0.29) is 5.82 Å². The molecule has 0 bridgehead atoms. The molecule has 1 rings (SSSR count). The Morgan fingerprint density at radius 2 is 2.60 bits per heavy atom. The molecule has 54 valence electrons. The van der Waals surface area contributed by atoms with Crippen LogP contribution < -0.4 is 10.1 Å². The Morgan fingerprint density at radius 3 is 3.30 bits per heavy atom. The minimum absolute atomic E-state index is 0.277. The van der Waals surface area contributed by atoms with Gasteiger partial charge in [0.1, 0.15) is 5.82 Å². The van der Waals surface area contributed by atoms with Gasteiger partial charge in [-0.05, 0) is 6.07 Å². The van der Waals surface area contributed by atoms with Crippen molar-refractivity contribution in [1.29, 1.82) is 0 Å². The number of ether oxygens (including phenoxy) is 1. The summed E-state index contributed by atoms with van der Waals surface area (Å²) in [6.45, 7) is -2.22. The minimum atomic E-state index is -2.22. The van der Waals surface area contributed by atoms with Gasteiger partial charge in [0.05, 0.1) is 7.11 Å². The van der Waals surface area contributed by atoms with Crippen molar-refractivity contribution in [3.8, 4) is 5.88 Å². The number of hydrogen-bond acceptors (Lipinski definition) is 3. The van der Waals surface area contributed by atoms with E-state index >= 15 is 0 Å². The summed E-state index contributed by atoms with van der Waals surface area (Å²) >= 11 is 0. The molecule has 1 aromatic rings. The predicted molar refractivity (Wildman–Crippen MR) is 40.3 cm³/mol. The molecule has 0 radical (unpaired) electrons. The summed E-state index contributed by atoms with van der Waals surface area (Å²) in [4.78, 5) is 3.88. The molecule has 0 aliphatic rings. The second kappa shape index (κ2) is 3.06. The third-order valence-electron chi connectivity index (χ3n) is 1.06. The van der Waals surface area contributed by atoms with Gasteiger partial charge in [0.2, 0.25) is 5.88 Å². The number of hydrogen-bond donors (Lipinski definition) is 1. The van der Waals surface area contributed by atoms with Crippen LogP contribution in [-0.4, -0.2) is 19.1 Å². The van der Waals surface area contributed by atoms with Crippen LogP contribution in [0.1, 0.15) is 4.11 Å². The monoisotopic (exact) mass is 141 g/mol. The zero-order valence-electron chi connectivity index (χ0n) is 8.59. The van der Waals surface area contributed by atoms with Crippen LogP contribution in [-0.2, 0) is 0 Å². The Morgan fingerprint density at radius 1 is 1.70 bits per heavy atom. The average Bonchev–Trinajstić information content (AvgIpc) is 2.01. The number of pyridine rings is 1. The zero-order valence-corrected chi connectivity index (χ0v) is 5.59. The lowest BCUT2D eigenvalue weighted by atomic mass is 10.4. The smallest absolute Gasteiger partial charge is 0.214 e. The normalized spacial score (nSPS) is 14.7. The van der Waals surface area contributed by atoms with Crippen LogP contribution in [0, 0.1) is 0 Å². The highest BCUT2D eigenvalue weighted by atomic mass is 16.5. The largest absolute Gasteiger partial charge is 0.481 e. The SMILES string of the molecule is [2H]C([2H])([2H])Nc1cccc(OC)n1. The molecule has 1 aromatic heterocycles. The molecule has 0 aliphatic carbocycles. The molecule has 10 heavy (non-hydrogen) atoms. The van der Waals surface area contributed by atoms with Crippen LogP contribution >= 0.6 is 0 Å². The van der Waals surface area contributed by atoms with Gasteiger partial charge in [-0.3, -0.25) is 0 Å². The van der Waals surface area contributed by atoms with Gasteiger partial charge in [0.25, 0.3) is 0 Å². The maximum Gasteiger partial charge on any atom is 0.214 e. The summed E-state index contributed by atoms with van der Waals surface area (Å²) in [5, 5.41) is 2.26. The van der Waals surface area contributed by atoms with Crippen molar-refractivity contribution in [2.45, 2.75) is 0 Å². The molecular weight excluding hydrogens is 128 g/mol. The number of aromatic nitrogens is 1. The van der Waals surface area contributed by atoms with E-state index in [1.165, 1.54) is 7.11 Å². The van der Waals surface area contributed by atoms with Gasteiger partial charge >= 0.3 is 0 Å². The maximum absolute atomic E-state index is 6.94. The van der Waals surface area contributed by atoms with Crippen molar-refractivity contribution in [2.75, 3.05) is 19.4 Å². The molecule has 0 saturated carbocycles. The number of nitrogens with one attached hydrogen (secondary N) is 1. The van der Waals surface area contributed by atoms with Gasteiger partial charge < -0.3 is 10.1 Å². The van der Waals surface area contributed by atoms with Gasteiger partial charge in [-0.1, -0.05) is 6.07 Å². The quantitative estimate of drug-likeness (QED) is 0.670. The molecule has 0 spiro atoms. The van der Waals surface area contributed by atoms with Crippen LogP contribution in [0.2, 0.25) is 0 Å². The van der Waals surface area contributed by atoms with Crippen molar-refractivity contribution in [3.63, 3.8) is 0 Å². The van der Waals surface area contributed by atoms with Crippen LogP contribution in [0.15, 0.2) is 18.2 Å². The summed E-state index contributed by atoms with van der Waals surface area (Å²) in [7, 11) is 1.47. The summed E-state index contributed by atoms with van der Waals surface area (Å²) in [5.41, 5.74) is 0. The fourth-order valence-electron chi connectivity index (χ4n) is 0.598. The van der Waals surface area contributed by atoms with E-state index in [0.717, 1.165) is 0 Å². The van der Waals surface area contributed by atoms with Gasteiger partial charge in [0.15, 0.2) is 0 Å². The van der Waals surface area contributed by atoms with Crippen LogP contribution in [0.25, 0.3) is 0 Å². The highest BCUT2D eigenvalue weighted by Crippen LogP contribution is 2.08. The van der Waals surface area contributed by atoms with Gasteiger partial charge in [-0.2, -0.15) is 4.98 Å². The van der Waals surface area contributed by atoms with E-state index in [1.807, 2.05) is 0 Å². The second-order valence-electron chi connectivity index (χ2n) is 1.69. The molecule has 0 aliphatic heterocycles. The van der Waals surface area contributed by atoms with Crippen LogP contribution in [0.3, 0.4) is 0 Å². The highest BCUT2D eigenvalue weighted by Gasteiger charge is 1.91. The molecule has 3 nitrogen and oxygen atoms in total. The molecule has 0 atom stereocenters. The van der Waals surface area contributed by atoms with E-state index in [9.17, 15) is 0 Å². The lowest BCUT2D eigenvalue weighted by Crippen LogP contribution is -1.93. The molecule has 0 amide bonds. The Labute approximate surface area is 64.3 Å². The average molecular weight is 141 g/mol. The summed E-state index contributed by atoms with van der Waals surface area (Å²) in [6.07, 6.45) is 0. The first-order valence-electron chi connectivity index (χ1n) is 4.30. The van der Waals surface area contributed by atoms with Crippen molar-refractivity contribution in [3.05, 3.63) is 18.2 Å². The Kier molecular flexibility index (Phi) is 1.16. The second-order valence-corrected chi connectivity index (χ2v) is 1.69. The summed E-state index contributed by atoms with van der Waals surface area (Å²) in [6, 6.07) is 4.87. The van der Waals surface area contributed by atoms with Crippen molar-refractivity contribution >= 4 is 5.82 Å². The first-order chi connectivity index (χ1) is 6.01. The lowest BCUT2D eigenvalue weighted by molar-refractivity contribution is 0.398. The molecule has 0 aromatic carbocycles. The van der Waals surface area contributed by atoms with Gasteiger partial charge in [0, 0.05) is 17.2 Å². The van der Waals surface area contributed by atoms with Crippen LogP contribution in [0.4, 0.5) is 5.82 Å². The molecule has 0 fully saturated rings. The van der Waals surface area contributed by atoms with E-state index in [1.54, 1.807) is 18.2 Å². The molecule has 1 N–H and O–H groups in total. The Hall–Kier alpha value is -1.25. The van der Waals surface area contributed by atoms with E-state index in [2.05, 4.69) is 10.3 Å². The van der Waals surface area contributed by atoms with E-state index in [4.69, 9.17) is 8.85 Å². The number of anilines is 1. The van der Waals surface area contributed by atoms with E-state index in [0.29, 0.717) is 5.88 Å². The molecule has 0 saturated heterocycles. The maximum atomic E-state index is 6.94. The van der Waals surface area contributed by atoms with E-state index < -0.39 is 6.98 Å². The highest BCUT2D eigenvalue weighted by molar-refractivity contribution is 5.35. The number of rotatable bonds is 2. The topological polar surface area (TPSA) is 34.1 Å². The first-order valence-corrected chi connectivity index (χ1v) is 2.80. The predicted octanol–water partition coefficient (Wildman–Crippen LogP) is 1.13. The summed E-state index contributed by atoms with van der Waals surface area (Å²) in [5.74, 6) is 0.661. The molecule has 0 unspecified atom stereocenters. The third kappa shape index (κ3) is 1.37. The minimum Gasteiger partial charge on any atom is -0.481 e. The van der Waals surface area contributed by atoms with Crippen molar-refractivity contribution < 1.29 is 8.85 Å². The Balaban J connectivity index is 2.78. The standard InChI is InChI=1S/C7H10N2O/c1-8-6-4-3-5-7(9-6)10-2/h3-5H,1-2H3,(H,8,9)/i1D3. The molecular formula is C7H10N2O. The fourth-order valence-corrected chi connectivity index (χ4v) is 0.598. The Bertz CT molecular complexity index is 287. The number of methoxy groups -OCH3 is 1. The zero-order chi connectivity index (χ0) is 9.90. The lowest BCUT2D eigenvalue weighted by Gasteiger charge is -2.00. The first kappa shape index (κ1) is 3.81. The number of nitrogens with zero attached hydrogens (tertiary/aromatic N) is 1.